The maximum atomic E-state index is 9.01. The molecule has 0 radical (unpaired) electrons. The second kappa shape index (κ2) is 6.66. The lowest BCUT2D eigenvalue weighted by Crippen LogP contribution is -2.28. The molecule has 0 spiro atoms. The molecule has 1 N–H and O–H groups in total. The summed E-state index contributed by atoms with van der Waals surface area (Å²) in [4.78, 5) is 2.27. The lowest BCUT2D eigenvalue weighted by Gasteiger charge is -2.20. The van der Waals surface area contributed by atoms with E-state index in [0.29, 0.717) is 0 Å². The SMILES string of the molecule is CCCN(CCO)Cc1cc(C)nn1CC. The fraction of sp³-hybridized carbons (Fsp3) is 0.750. The fourth-order valence-corrected chi connectivity index (χ4v) is 1.96. The van der Waals surface area contributed by atoms with E-state index < -0.39 is 0 Å². The van der Waals surface area contributed by atoms with E-state index in [1.54, 1.807) is 0 Å². The van der Waals surface area contributed by atoms with Crippen molar-refractivity contribution in [1.82, 2.24) is 14.7 Å². The number of rotatable bonds is 7. The van der Waals surface area contributed by atoms with Crippen LogP contribution in [0.3, 0.4) is 0 Å². The van der Waals surface area contributed by atoms with Gasteiger partial charge in [-0.1, -0.05) is 6.92 Å². The van der Waals surface area contributed by atoms with E-state index in [0.717, 1.165) is 38.3 Å². The van der Waals surface area contributed by atoms with Crippen LogP contribution < -0.4 is 0 Å². The molecule has 0 bridgehead atoms. The van der Waals surface area contributed by atoms with Gasteiger partial charge in [-0.25, -0.2) is 0 Å². The molecule has 0 atom stereocenters. The topological polar surface area (TPSA) is 41.3 Å². The molecular formula is C12H23N3O. The minimum atomic E-state index is 0.221. The second-order valence-corrected chi connectivity index (χ2v) is 4.09. The number of aliphatic hydroxyl groups excluding tert-OH is 1. The summed E-state index contributed by atoms with van der Waals surface area (Å²) in [6, 6.07) is 2.13. The number of nitrogens with zero attached hydrogens (tertiary/aromatic N) is 3. The summed E-state index contributed by atoms with van der Waals surface area (Å²) in [5.74, 6) is 0. The monoisotopic (exact) mass is 225 g/mol. The van der Waals surface area contributed by atoms with Crippen LogP contribution in [0.1, 0.15) is 31.7 Å². The van der Waals surface area contributed by atoms with Crippen LogP contribution in [0, 0.1) is 6.92 Å². The highest BCUT2D eigenvalue weighted by atomic mass is 16.3. The quantitative estimate of drug-likeness (QED) is 0.763. The molecule has 0 aromatic carbocycles. The molecule has 0 aliphatic carbocycles. The summed E-state index contributed by atoms with van der Waals surface area (Å²) >= 11 is 0. The average Bonchev–Trinajstić information content (AvgIpc) is 2.59. The summed E-state index contributed by atoms with van der Waals surface area (Å²) in [6.45, 7) is 10.0. The van der Waals surface area contributed by atoms with Crippen LogP contribution in [0.2, 0.25) is 0 Å². The first-order chi connectivity index (χ1) is 7.71. The summed E-state index contributed by atoms with van der Waals surface area (Å²) in [7, 11) is 0. The third-order valence-electron chi connectivity index (χ3n) is 2.63. The van der Waals surface area contributed by atoms with Gasteiger partial charge in [0.25, 0.3) is 0 Å². The summed E-state index contributed by atoms with van der Waals surface area (Å²) in [6.07, 6.45) is 1.11. The Balaban J connectivity index is 2.67. The molecule has 1 aromatic rings. The highest BCUT2D eigenvalue weighted by molar-refractivity contribution is 5.08. The van der Waals surface area contributed by atoms with Crippen molar-refractivity contribution >= 4 is 0 Å². The number of aryl methyl sites for hydroxylation is 2. The van der Waals surface area contributed by atoms with Crippen LogP contribution in [-0.4, -0.2) is 39.5 Å². The maximum Gasteiger partial charge on any atom is 0.0597 e. The Morgan fingerprint density at radius 3 is 2.69 bits per heavy atom. The molecule has 16 heavy (non-hydrogen) atoms. The molecule has 0 amide bonds. The molecule has 0 unspecified atom stereocenters. The Labute approximate surface area is 97.9 Å². The summed E-state index contributed by atoms with van der Waals surface area (Å²) < 4.78 is 2.04. The van der Waals surface area contributed by atoms with E-state index in [-0.39, 0.29) is 6.61 Å². The molecule has 0 saturated carbocycles. The normalized spacial score (nSPS) is 11.3. The molecule has 1 aromatic heterocycles. The Hall–Kier alpha value is -0.870. The molecule has 1 heterocycles. The summed E-state index contributed by atoms with van der Waals surface area (Å²) in [5, 5.41) is 13.4. The molecule has 4 nitrogen and oxygen atoms in total. The zero-order valence-corrected chi connectivity index (χ0v) is 10.6. The van der Waals surface area contributed by atoms with Gasteiger partial charge < -0.3 is 5.11 Å². The van der Waals surface area contributed by atoms with E-state index in [1.165, 1.54) is 5.69 Å². The minimum absolute atomic E-state index is 0.221. The molecule has 0 aliphatic heterocycles. The van der Waals surface area contributed by atoms with E-state index in [2.05, 4.69) is 29.9 Å². The molecule has 4 heteroatoms. The van der Waals surface area contributed by atoms with E-state index in [4.69, 9.17) is 5.11 Å². The van der Waals surface area contributed by atoms with Crippen molar-refractivity contribution in [1.29, 1.82) is 0 Å². The van der Waals surface area contributed by atoms with Gasteiger partial charge in [-0.05, 0) is 32.9 Å². The molecule has 0 fully saturated rings. The Morgan fingerprint density at radius 1 is 1.38 bits per heavy atom. The van der Waals surface area contributed by atoms with Gasteiger partial charge in [-0.3, -0.25) is 9.58 Å². The first kappa shape index (κ1) is 13.2. The van der Waals surface area contributed by atoms with Crippen LogP contribution >= 0.6 is 0 Å². The van der Waals surface area contributed by atoms with Crippen molar-refractivity contribution in [3.63, 3.8) is 0 Å². The Morgan fingerprint density at radius 2 is 2.12 bits per heavy atom. The number of aliphatic hydroxyl groups is 1. The Kier molecular flexibility index (Phi) is 5.49. The Bertz CT molecular complexity index is 303. The minimum Gasteiger partial charge on any atom is -0.395 e. The van der Waals surface area contributed by atoms with Gasteiger partial charge in [0.2, 0.25) is 0 Å². The first-order valence-electron chi connectivity index (χ1n) is 6.07. The van der Waals surface area contributed by atoms with Crippen molar-refractivity contribution in [3.05, 3.63) is 17.5 Å². The highest BCUT2D eigenvalue weighted by Gasteiger charge is 2.09. The second-order valence-electron chi connectivity index (χ2n) is 4.09. The predicted molar refractivity (Wildman–Crippen MR) is 65.3 cm³/mol. The zero-order chi connectivity index (χ0) is 12.0. The van der Waals surface area contributed by atoms with Gasteiger partial charge in [-0.15, -0.1) is 0 Å². The van der Waals surface area contributed by atoms with E-state index in [9.17, 15) is 0 Å². The van der Waals surface area contributed by atoms with Crippen molar-refractivity contribution in [2.75, 3.05) is 19.7 Å². The van der Waals surface area contributed by atoms with Gasteiger partial charge in [0.15, 0.2) is 0 Å². The predicted octanol–water partition coefficient (Wildman–Crippen LogP) is 1.42. The van der Waals surface area contributed by atoms with Crippen molar-refractivity contribution in [2.45, 2.75) is 40.3 Å². The third-order valence-corrected chi connectivity index (χ3v) is 2.63. The molecule has 0 saturated heterocycles. The number of hydrogen-bond acceptors (Lipinski definition) is 3. The molecular weight excluding hydrogens is 202 g/mol. The van der Waals surface area contributed by atoms with Crippen LogP contribution in [0.25, 0.3) is 0 Å². The van der Waals surface area contributed by atoms with E-state index >= 15 is 0 Å². The largest absolute Gasteiger partial charge is 0.395 e. The van der Waals surface area contributed by atoms with Crippen molar-refractivity contribution in [3.8, 4) is 0 Å². The average molecular weight is 225 g/mol. The molecule has 1 rings (SSSR count). The van der Waals surface area contributed by atoms with Crippen LogP contribution in [0.5, 0.6) is 0 Å². The van der Waals surface area contributed by atoms with Gasteiger partial charge in [0, 0.05) is 19.6 Å². The van der Waals surface area contributed by atoms with Crippen molar-refractivity contribution < 1.29 is 5.11 Å². The smallest absolute Gasteiger partial charge is 0.0597 e. The van der Waals surface area contributed by atoms with E-state index in [1.807, 2.05) is 11.6 Å². The molecule has 0 aliphatic rings. The van der Waals surface area contributed by atoms with Crippen LogP contribution in [0.15, 0.2) is 6.07 Å². The standard InChI is InChI=1S/C12H23N3O/c1-4-6-14(7-8-16)10-12-9-11(3)13-15(12)5-2/h9,16H,4-8,10H2,1-3H3. The summed E-state index contributed by atoms with van der Waals surface area (Å²) in [5.41, 5.74) is 2.30. The lowest BCUT2D eigenvalue weighted by atomic mass is 10.3. The third kappa shape index (κ3) is 3.61. The molecule has 92 valence electrons. The first-order valence-corrected chi connectivity index (χ1v) is 6.07. The van der Waals surface area contributed by atoms with Gasteiger partial charge in [0.05, 0.1) is 18.0 Å². The lowest BCUT2D eigenvalue weighted by molar-refractivity contribution is 0.187. The van der Waals surface area contributed by atoms with Crippen LogP contribution in [-0.2, 0) is 13.1 Å². The number of hydrogen-bond donors (Lipinski definition) is 1. The van der Waals surface area contributed by atoms with Gasteiger partial charge in [-0.2, -0.15) is 5.10 Å². The zero-order valence-electron chi connectivity index (χ0n) is 10.6. The number of aromatic nitrogens is 2. The van der Waals surface area contributed by atoms with Crippen molar-refractivity contribution in [2.24, 2.45) is 0 Å². The van der Waals surface area contributed by atoms with Gasteiger partial charge >= 0.3 is 0 Å². The fourth-order valence-electron chi connectivity index (χ4n) is 1.96. The maximum absolute atomic E-state index is 9.01. The highest BCUT2D eigenvalue weighted by Crippen LogP contribution is 2.08. The van der Waals surface area contributed by atoms with Gasteiger partial charge in [0.1, 0.15) is 0 Å². The van der Waals surface area contributed by atoms with Crippen LogP contribution in [0.4, 0.5) is 0 Å².